The normalized spacial score (nSPS) is 31.8. The summed E-state index contributed by atoms with van der Waals surface area (Å²) in [5.74, 6) is 0. The van der Waals surface area contributed by atoms with E-state index >= 15 is 0 Å². The van der Waals surface area contributed by atoms with Gasteiger partial charge in [0.15, 0.2) is 0 Å². The van der Waals surface area contributed by atoms with Crippen LogP contribution in [0.15, 0.2) is 0 Å². The van der Waals surface area contributed by atoms with Gasteiger partial charge in [-0.25, -0.2) is 0 Å². The van der Waals surface area contributed by atoms with Crippen molar-refractivity contribution in [2.45, 2.75) is 50.6 Å². The van der Waals surface area contributed by atoms with E-state index in [0.29, 0.717) is 0 Å². The molecule has 0 saturated carbocycles. The van der Waals surface area contributed by atoms with Gasteiger partial charge in [0.25, 0.3) is 0 Å². The van der Waals surface area contributed by atoms with Gasteiger partial charge in [-0.2, -0.15) is 0 Å². The SMILES string of the molecule is NCCCCNC1CCN2CCCC2C1. The molecule has 15 heavy (non-hydrogen) atoms. The lowest BCUT2D eigenvalue weighted by Gasteiger charge is -2.35. The number of hydrogen-bond donors (Lipinski definition) is 2. The Labute approximate surface area is 93.4 Å². The summed E-state index contributed by atoms with van der Waals surface area (Å²) in [6, 6.07) is 1.67. The van der Waals surface area contributed by atoms with E-state index in [2.05, 4.69) is 10.2 Å². The third-order valence-electron chi connectivity index (χ3n) is 3.88. The van der Waals surface area contributed by atoms with Crippen LogP contribution < -0.4 is 11.1 Å². The van der Waals surface area contributed by atoms with Gasteiger partial charge in [0.2, 0.25) is 0 Å². The molecule has 0 aromatic heterocycles. The zero-order chi connectivity index (χ0) is 10.5. The van der Waals surface area contributed by atoms with E-state index in [1.165, 1.54) is 45.2 Å². The number of hydrogen-bond acceptors (Lipinski definition) is 3. The zero-order valence-corrected chi connectivity index (χ0v) is 9.75. The maximum Gasteiger partial charge on any atom is 0.0111 e. The number of nitrogens with zero attached hydrogens (tertiary/aromatic N) is 1. The number of rotatable bonds is 5. The molecular formula is C12H25N3. The molecule has 2 heterocycles. The highest BCUT2D eigenvalue weighted by Crippen LogP contribution is 2.26. The molecule has 0 aromatic rings. The van der Waals surface area contributed by atoms with E-state index in [0.717, 1.165) is 31.6 Å². The molecule has 0 aromatic carbocycles. The second-order valence-corrected chi connectivity index (χ2v) is 5.00. The lowest BCUT2D eigenvalue weighted by atomic mass is 9.97. The Bertz CT molecular complexity index is 184. The van der Waals surface area contributed by atoms with Gasteiger partial charge in [0.1, 0.15) is 0 Å². The predicted octanol–water partition coefficient (Wildman–Crippen LogP) is 0.942. The van der Waals surface area contributed by atoms with E-state index in [1.807, 2.05) is 0 Å². The topological polar surface area (TPSA) is 41.3 Å². The van der Waals surface area contributed by atoms with Crippen molar-refractivity contribution in [3.8, 4) is 0 Å². The summed E-state index contributed by atoms with van der Waals surface area (Å²) in [6.45, 7) is 4.67. The maximum atomic E-state index is 5.48. The summed E-state index contributed by atoms with van der Waals surface area (Å²) in [7, 11) is 0. The van der Waals surface area contributed by atoms with Crippen LogP contribution in [0.2, 0.25) is 0 Å². The minimum atomic E-state index is 0.780. The number of piperidine rings is 1. The molecule has 3 N–H and O–H groups in total. The lowest BCUT2D eigenvalue weighted by molar-refractivity contribution is 0.167. The number of unbranched alkanes of at least 4 members (excludes halogenated alkanes) is 1. The van der Waals surface area contributed by atoms with E-state index in [9.17, 15) is 0 Å². The first-order chi connectivity index (χ1) is 7.40. The van der Waals surface area contributed by atoms with E-state index in [-0.39, 0.29) is 0 Å². The van der Waals surface area contributed by atoms with Crippen molar-refractivity contribution < 1.29 is 0 Å². The third kappa shape index (κ3) is 3.16. The van der Waals surface area contributed by atoms with Crippen molar-refractivity contribution in [3.63, 3.8) is 0 Å². The molecule has 0 spiro atoms. The average molecular weight is 211 g/mol. The van der Waals surface area contributed by atoms with Gasteiger partial charge in [0.05, 0.1) is 0 Å². The van der Waals surface area contributed by atoms with Crippen LogP contribution in [0, 0.1) is 0 Å². The number of fused-ring (bicyclic) bond motifs is 1. The van der Waals surface area contributed by atoms with Crippen molar-refractivity contribution in [2.75, 3.05) is 26.2 Å². The second-order valence-electron chi connectivity index (χ2n) is 5.00. The van der Waals surface area contributed by atoms with Gasteiger partial charge in [-0.1, -0.05) is 0 Å². The summed E-state index contributed by atoms with van der Waals surface area (Å²) in [6.07, 6.45) is 7.98. The fraction of sp³-hybridized carbons (Fsp3) is 1.00. The molecule has 3 heteroatoms. The van der Waals surface area contributed by atoms with Crippen molar-refractivity contribution >= 4 is 0 Å². The molecule has 2 atom stereocenters. The third-order valence-corrected chi connectivity index (χ3v) is 3.88. The monoisotopic (exact) mass is 211 g/mol. The summed E-state index contributed by atoms with van der Waals surface area (Å²) < 4.78 is 0. The fourth-order valence-electron chi connectivity index (χ4n) is 2.99. The molecule has 0 aliphatic carbocycles. The van der Waals surface area contributed by atoms with Crippen molar-refractivity contribution in [1.82, 2.24) is 10.2 Å². The molecule has 2 rings (SSSR count). The molecule has 2 aliphatic heterocycles. The van der Waals surface area contributed by atoms with E-state index < -0.39 is 0 Å². The van der Waals surface area contributed by atoms with Gasteiger partial charge in [-0.3, -0.25) is 0 Å². The molecule has 0 bridgehead atoms. The van der Waals surface area contributed by atoms with Crippen LogP contribution >= 0.6 is 0 Å². The van der Waals surface area contributed by atoms with Crippen LogP contribution in [-0.4, -0.2) is 43.2 Å². The molecule has 2 fully saturated rings. The smallest absolute Gasteiger partial charge is 0.0111 e. The first kappa shape index (κ1) is 11.4. The van der Waals surface area contributed by atoms with Crippen molar-refractivity contribution in [1.29, 1.82) is 0 Å². The summed E-state index contributed by atoms with van der Waals surface area (Å²) in [5, 5.41) is 3.69. The lowest BCUT2D eigenvalue weighted by Crippen LogP contribution is -2.45. The molecular weight excluding hydrogens is 186 g/mol. The maximum absolute atomic E-state index is 5.48. The van der Waals surface area contributed by atoms with E-state index in [1.54, 1.807) is 0 Å². The fourth-order valence-corrected chi connectivity index (χ4v) is 2.99. The molecule has 0 amide bonds. The Balaban J connectivity index is 1.62. The Hall–Kier alpha value is -0.120. The van der Waals surface area contributed by atoms with Crippen LogP contribution in [0.25, 0.3) is 0 Å². The van der Waals surface area contributed by atoms with Crippen LogP contribution in [0.5, 0.6) is 0 Å². The zero-order valence-electron chi connectivity index (χ0n) is 9.75. The highest BCUT2D eigenvalue weighted by molar-refractivity contribution is 4.88. The van der Waals surface area contributed by atoms with Gasteiger partial charge >= 0.3 is 0 Å². The molecule has 3 nitrogen and oxygen atoms in total. The van der Waals surface area contributed by atoms with E-state index in [4.69, 9.17) is 5.73 Å². The van der Waals surface area contributed by atoms with Crippen LogP contribution in [0.3, 0.4) is 0 Å². The predicted molar refractivity (Wildman–Crippen MR) is 63.9 cm³/mol. The van der Waals surface area contributed by atoms with Crippen LogP contribution in [0.4, 0.5) is 0 Å². The minimum Gasteiger partial charge on any atom is -0.330 e. The highest BCUT2D eigenvalue weighted by Gasteiger charge is 2.30. The quantitative estimate of drug-likeness (QED) is 0.665. The summed E-state index contributed by atoms with van der Waals surface area (Å²) in [5.41, 5.74) is 5.48. The Kier molecular flexibility index (Phi) is 4.42. The molecule has 88 valence electrons. The first-order valence-corrected chi connectivity index (χ1v) is 6.57. The van der Waals surface area contributed by atoms with Gasteiger partial charge in [-0.05, 0) is 64.7 Å². The first-order valence-electron chi connectivity index (χ1n) is 6.57. The van der Waals surface area contributed by atoms with Gasteiger partial charge < -0.3 is 16.0 Å². The molecule has 0 radical (unpaired) electrons. The number of nitrogens with one attached hydrogen (secondary N) is 1. The van der Waals surface area contributed by atoms with Gasteiger partial charge in [0, 0.05) is 12.1 Å². The highest BCUT2D eigenvalue weighted by atomic mass is 15.2. The molecule has 2 saturated heterocycles. The van der Waals surface area contributed by atoms with Crippen LogP contribution in [-0.2, 0) is 0 Å². The Morgan fingerprint density at radius 3 is 3.00 bits per heavy atom. The Morgan fingerprint density at radius 1 is 1.20 bits per heavy atom. The van der Waals surface area contributed by atoms with Crippen LogP contribution in [0.1, 0.15) is 38.5 Å². The standard InChI is InChI=1S/C12H25N3/c13-6-1-2-7-14-11-5-9-15-8-3-4-12(15)10-11/h11-12,14H,1-10,13H2. The Morgan fingerprint density at radius 2 is 2.13 bits per heavy atom. The number of nitrogens with two attached hydrogens (primary N) is 1. The van der Waals surface area contributed by atoms with Gasteiger partial charge in [-0.15, -0.1) is 0 Å². The minimum absolute atomic E-state index is 0.780. The average Bonchev–Trinajstić information content (AvgIpc) is 2.71. The second kappa shape index (κ2) is 5.83. The summed E-state index contributed by atoms with van der Waals surface area (Å²) >= 11 is 0. The van der Waals surface area contributed by atoms with Crippen molar-refractivity contribution in [2.24, 2.45) is 5.73 Å². The summed E-state index contributed by atoms with van der Waals surface area (Å²) in [4.78, 5) is 2.68. The van der Waals surface area contributed by atoms with Crippen molar-refractivity contribution in [3.05, 3.63) is 0 Å². The molecule has 2 unspecified atom stereocenters. The molecule has 2 aliphatic rings. The largest absolute Gasteiger partial charge is 0.330 e.